The van der Waals surface area contributed by atoms with E-state index in [0.717, 1.165) is 31.6 Å². The molecule has 3 nitrogen and oxygen atoms in total. The molecule has 118 valence electrons. The summed E-state index contributed by atoms with van der Waals surface area (Å²) in [6.45, 7) is 6.16. The van der Waals surface area contributed by atoms with Crippen LogP contribution in [0.1, 0.15) is 31.4 Å². The summed E-state index contributed by atoms with van der Waals surface area (Å²) in [4.78, 5) is 4.96. The van der Waals surface area contributed by atoms with E-state index in [9.17, 15) is 0 Å². The Morgan fingerprint density at radius 3 is 2.67 bits per heavy atom. The van der Waals surface area contributed by atoms with E-state index in [1.807, 2.05) is 18.2 Å². The van der Waals surface area contributed by atoms with Gasteiger partial charge in [-0.3, -0.25) is 4.90 Å². The molecule has 1 aliphatic rings. The van der Waals surface area contributed by atoms with E-state index in [-0.39, 0.29) is 6.04 Å². The van der Waals surface area contributed by atoms with Crippen LogP contribution >= 0.6 is 23.2 Å². The quantitative estimate of drug-likeness (QED) is 0.918. The highest BCUT2D eigenvalue weighted by Crippen LogP contribution is 2.30. The van der Waals surface area contributed by atoms with Gasteiger partial charge in [-0.1, -0.05) is 36.2 Å². The molecule has 21 heavy (non-hydrogen) atoms. The second kappa shape index (κ2) is 7.80. The Bertz CT molecular complexity index is 467. The SMILES string of the molecule is CCC1CN(C)CCCN1C(CN)c1ccc(Cl)c(Cl)c1. The molecule has 1 heterocycles. The van der Waals surface area contributed by atoms with Crippen molar-refractivity contribution < 1.29 is 0 Å². The molecule has 0 aromatic heterocycles. The number of hydrogen-bond acceptors (Lipinski definition) is 3. The van der Waals surface area contributed by atoms with Gasteiger partial charge in [0.05, 0.1) is 10.0 Å². The first kappa shape index (κ1) is 17.0. The number of halogens is 2. The Morgan fingerprint density at radius 1 is 1.29 bits per heavy atom. The topological polar surface area (TPSA) is 32.5 Å². The zero-order valence-corrected chi connectivity index (χ0v) is 14.4. The monoisotopic (exact) mass is 329 g/mol. The smallest absolute Gasteiger partial charge is 0.0595 e. The molecule has 0 aliphatic carbocycles. The first-order valence-corrected chi connectivity index (χ1v) is 8.41. The van der Waals surface area contributed by atoms with Crippen molar-refractivity contribution in [2.75, 3.05) is 33.2 Å². The van der Waals surface area contributed by atoms with E-state index in [1.54, 1.807) is 0 Å². The molecule has 2 N–H and O–H groups in total. The number of likely N-dealkylation sites (N-methyl/N-ethyl adjacent to an activating group) is 1. The van der Waals surface area contributed by atoms with Crippen molar-refractivity contribution in [3.05, 3.63) is 33.8 Å². The molecule has 1 aromatic carbocycles. The second-order valence-corrected chi connectivity index (χ2v) is 6.66. The molecule has 1 saturated heterocycles. The van der Waals surface area contributed by atoms with E-state index in [4.69, 9.17) is 28.9 Å². The molecule has 2 atom stereocenters. The van der Waals surface area contributed by atoms with E-state index in [2.05, 4.69) is 23.8 Å². The summed E-state index contributed by atoms with van der Waals surface area (Å²) >= 11 is 12.2. The largest absolute Gasteiger partial charge is 0.329 e. The van der Waals surface area contributed by atoms with Crippen LogP contribution in [0.25, 0.3) is 0 Å². The molecule has 1 fully saturated rings. The fourth-order valence-corrected chi connectivity index (χ4v) is 3.52. The highest BCUT2D eigenvalue weighted by Gasteiger charge is 2.28. The van der Waals surface area contributed by atoms with E-state index in [0.29, 0.717) is 22.6 Å². The minimum Gasteiger partial charge on any atom is -0.329 e. The van der Waals surface area contributed by atoms with Gasteiger partial charge >= 0.3 is 0 Å². The standard InChI is InChI=1S/C16H25Cl2N3/c1-3-13-11-20(2)7-4-8-21(13)16(10-19)12-5-6-14(17)15(18)9-12/h5-6,9,13,16H,3-4,7-8,10-11,19H2,1-2H3. The van der Waals surface area contributed by atoms with Gasteiger partial charge in [0, 0.05) is 31.7 Å². The number of nitrogens with zero attached hydrogens (tertiary/aromatic N) is 2. The third-order valence-electron chi connectivity index (χ3n) is 4.37. The van der Waals surface area contributed by atoms with Crippen LogP contribution in [-0.2, 0) is 0 Å². The molecule has 5 heteroatoms. The minimum absolute atomic E-state index is 0.205. The van der Waals surface area contributed by atoms with Gasteiger partial charge in [-0.2, -0.15) is 0 Å². The predicted octanol–water partition coefficient (Wildman–Crippen LogP) is 3.41. The molecule has 0 spiro atoms. The Balaban J connectivity index is 2.27. The summed E-state index contributed by atoms with van der Waals surface area (Å²) < 4.78 is 0. The van der Waals surface area contributed by atoms with Gasteiger partial charge in [-0.15, -0.1) is 0 Å². The number of benzene rings is 1. The summed E-state index contributed by atoms with van der Waals surface area (Å²) in [6, 6.07) is 6.61. The van der Waals surface area contributed by atoms with Crippen molar-refractivity contribution in [2.24, 2.45) is 5.73 Å². The highest BCUT2D eigenvalue weighted by molar-refractivity contribution is 6.42. The molecule has 2 unspecified atom stereocenters. The van der Waals surface area contributed by atoms with Gasteiger partial charge in [0.25, 0.3) is 0 Å². The number of nitrogens with two attached hydrogens (primary N) is 1. The molecule has 0 saturated carbocycles. The fraction of sp³-hybridized carbons (Fsp3) is 0.625. The lowest BCUT2D eigenvalue weighted by molar-refractivity contribution is 0.131. The van der Waals surface area contributed by atoms with Gasteiger partial charge < -0.3 is 10.6 Å². The van der Waals surface area contributed by atoms with Crippen molar-refractivity contribution >= 4 is 23.2 Å². The van der Waals surface area contributed by atoms with Crippen LogP contribution in [0.5, 0.6) is 0 Å². The molecular weight excluding hydrogens is 305 g/mol. The summed E-state index contributed by atoms with van der Waals surface area (Å²) in [7, 11) is 2.20. The van der Waals surface area contributed by atoms with Crippen LogP contribution in [0.15, 0.2) is 18.2 Å². The van der Waals surface area contributed by atoms with Crippen LogP contribution in [0.3, 0.4) is 0 Å². The molecule has 1 aliphatic heterocycles. The zero-order chi connectivity index (χ0) is 15.4. The van der Waals surface area contributed by atoms with Crippen molar-refractivity contribution in [3.63, 3.8) is 0 Å². The van der Waals surface area contributed by atoms with Crippen LogP contribution in [0.4, 0.5) is 0 Å². The van der Waals surface area contributed by atoms with Gasteiger partial charge in [-0.25, -0.2) is 0 Å². The van der Waals surface area contributed by atoms with E-state index < -0.39 is 0 Å². The molecular formula is C16H25Cl2N3. The molecule has 0 bridgehead atoms. The van der Waals surface area contributed by atoms with E-state index >= 15 is 0 Å². The summed E-state index contributed by atoms with van der Waals surface area (Å²) in [5.41, 5.74) is 7.26. The Labute approximate surface area is 138 Å². The molecule has 1 aromatic rings. The highest BCUT2D eigenvalue weighted by atomic mass is 35.5. The molecule has 2 rings (SSSR count). The van der Waals surface area contributed by atoms with Crippen molar-refractivity contribution in [1.29, 1.82) is 0 Å². The normalized spacial score (nSPS) is 23.0. The van der Waals surface area contributed by atoms with Crippen LogP contribution in [0, 0.1) is 0 Å². The van der Waals surface area contributed by atoms with Crippen molar-refractivity contribution in [3.8, 4) is 0 Å². The van der Waals surface area contributed by atoms with Crippen molar-refractivity contribution in [2.45, 2.75) is 31.8 Å². The van der Waals surface area contributed by atoms with Crippen LogP contribution in [-0.4, -0.2) is 49.1 Å². The van der Waals surface area contributed by atoms with Gasteiger partial charge in [0.1, 0.15) is 0 Å². The van der Waals surface area contributed by atoms with Crippen LogP contribution < -0.4 is 5.73 Å². The second-order valence-electron chi connectivity index (χ2n) is 5.84. The third-order valence-corrected chi connectivity index (χ3v) is 5.11. The summed E-state index contributed by atoms with van der Waals surface area (Å²) in [6.07, 6.45) is 2.30. The average Bonchev–Trinajstić information content (AvgIpc) is 2.65. The maximum atomic E-state index is 6.18. The van der Waals surface area contributed by atoms with E-state index in [1.165, 1.54) is 6.42 Å². The fourth-order valence-electron chi connectivity index (χ4n) is 3.22. The maximum absolute atomic E-state index is 6.18. The first-order chi connectivity index (χ1) is 10.1. The molecule has 0 radical (unpaired) electrons. The zero-order valence-electron chi connectivity index (χ0n) is 12.9. The predicted molar refractivity (Wildman–Crippen MR) is 91.2 cm³/mol. The Morgan fingerprint density at radius 2 is 2.05 bits per heavy atom. The maximum Gasteiger partial charge on any atom is 0.0595 e. The molecule has 0 amide bonds. The number of rotatable bonds is 4. The average molecular weight is 330 g/mol. The lowest BCUT2D eigenvalue weighted by Crippen LogP contribution is -2.44. The van der Waals surface area contributed by atoms with Crippen molar-refractivity contribution in [1.82, 2.24) is 9.80 Å². The van der Waals surface area contributed by atoms with Gasteiger partial charge in [0.15, 0.2) is 0 Å². The minimum atomic E-state index is 0.205. The Kier molecular flexibility index (Phi) is 6.33. The van der Waals surface area contributed by atoms with Gasteiger partial charge in [0.2, 0.25) is 0 Å². The lowest BCUT2D eigenvalue weighted by atomic mass is 10.0. The Hall–Kier alpha value is -0.320. The first-order valence-electron chi connectivity index (χ1n) is 7.66. The summed E-state index contributed by atoms with van der Waals surface area (Å²) in [5, 5.41) is 1.20. The van der Waals surface area contributed by atoms with Gasteiger partial charge in [-0.05, 0) is 44.1 Å². The lowest BCUT2D eigenvalue weighted by Gasteiger charge is -2.37. The number of hydrogen-bond donors (Lipinski definition) is 1. The summed E-state index contributed by atoms with van der Waals surface area (Å²) in [5.74, 6) is 0. The third kappa shape index (κ3) is 4.11. The van der Waals surface area contributed by atoms with Crippen LogP contribution in [0.2, 0.25) is 10.0 Å².